The van der Waals surface area contributed by atoms with Gasteiger partial charge in [0.1, 0.15) is 0 Å². The first-order chi connectivity index (χ1) is 8.34. The lowest BCUT2D eigenvalue weighted by Crippen LogP contribution is -2.52. The highest BCUT2D eigenvalue weighted by molar-refractivity contribution is 4.96. The van der Waals surface area contributed by atoms with E-state index >= 15 is 0 Å². The van der Waals surface area contributed by atoms with Crippen LogP contribution in [0.2, 0.25) is 0 Å². The highest BCUT2D eigenvalue weighted by atomic mass is 16.3. The van der Waals surface area contributed by atoms with Crippen molar-refractivity contribution in [1.29, 1.82) is 0 Å². The zero-order chi connectivity index (χ0) is 13.4. The summed E-state index contributed by atoms with van der Waals surface area (Å²) in [6.45, 7) is 9.62. The van der Waals surface area contributed by atoms with Crippen molar-refractivity contribution in [3.05, 3.63) is 0 Å². The molecule has 3 N–H and O–H groups in total. The van der Waals surface area contributed by atoms with Gasteiger partial charge in [-0.15, -0.1) is 0 Å². The number of hydrogen-bond donors (Lipinski definition) is 2. The first-order valence-corrected chi connectivity index (χ1v) is 7.48. The van der Waals surface area contributed by atoms with Crippen LogP contribution >= 0.6 is 0 Å². The molecule has 1 aliphatic carbocycles. The van der Waals surface area contributed by atoms with Crippen LogP contribution < -0.4 is 5.73 Å². The Morgan fingerprint density at radius 1 is 1.33 bits per heavy atom. The molecule has 2 aliphatic rings. The summed E-state index contributed by atoms with van der Waals surface area (Å²) in [6, 6.07) is 0.600. The Bertz CT molecular complexity index is 287. The fraction of sp³-hybridized carbons (Fsp3) is 1.00. The maximum Gasteiger partial charge on any atom is 0.0611 e. The van der Waals surface area contributed by atoms with Crippen molar-refractivity contribution in [2.75, 3.05) is 19.7 Å². The molecule has 0 spiro atoms. The molecule has 0 amide bonds. The van der Waals surface area contributed by atoms with Crippen LogP contribution in [0, 0.1) is 11.3 Å². The van der Waals surface area contributed by atoms with E-state index in [0.717, 1.165) is 18.8 Å². The smallest absolute Gasteiger partial charge is 0.0611 e. The minimum absolute atomic E-state index is 0.139. The zero-order valence-corrected chi connectivity index (χ0v) is 12.3. The third kappa shape index (κ3) is 3.06. The average Bonchev–Trinajstić information content (AvgIpc) is 2.78. The second-order valence-corrected chi connectivity index (χ2v) is 7.62. The van der Waals surface area contributed by atoms with Gasteiger partial charge in [0.15, 0.2) is 0 Å². The van der Waals surface area contributed by atoms with E-state index in [2.05, 4.69) is 25.7 Å². The molecule has 3 unspecified atom stereocenters. The summed E-state index contributed by atoms with van der Waals surface area (Å²) in [5.74, 6) is 0.806. The van der Waals surface area contributed by atoms with Crippen LogP contribution in [0.3, 0.4) is 0 Å². The fourth-order valence-electron chi connectivity index (χ4n) is 3.64. The zero-order valence-electron chi connectivity index (χ0n) is 12.3. The number of aliphatic hydroxyl groups is 1. The molecule has 3 heteroatoms. The maximum absolute atomic E-state index is 9.45. The van der Waals surface area contributed by atoms with Gasteiger partial charge in [-0.25, -0.2) is 0 Å². The minimum Gasteiger partial charge on any atom is -0.394 e. The van der Waals surface area contributed by atoms with Gasteiger partial charge in [-0.3, -0.25) is 0 Å². The normalized spacial score (nSPS) is 39.2. The van der Waals surface area contributed by atoms with Crippen molar-refractivity contribution in [3.8, 4) is 0 Å². The van der Waals surface area contributed by atoms with Crippen molar-refractivity contribution in [2.24, 2.45) is 17.1 Å². The number of aliphatic hydroxyl groups excluding tert-OH is 1. The number of likely N-dealkylation sites (tertiary alicyclic amines) is 1. The Hall–Kier alpha value is -0.120. The quantitative estimate of drug-likeness (QED) is 0.792. The summed E-state index contributed by atoms with van der Waals surface area (Å²) in [5, 5.41) is 9.45. The Morgan fingerprint density at radius 3 is 2.61 bits per heavy atom. The molecule has 0 aromatic heterocycles. The summed E-state index contributed by atoms with van der Waals surface area (Å²) in [5.41, 5.74) is 6.36. The van der Waals surface area contributed by atoms with Gasteiger partial charge in [0.2, 0.25) is 0 Å². The van der Waals surface area contributed by atoms with E-state index in [4.69, 9.17) is 5.73 Å². The molecule has 18 heavy (non-hydrogen) atoms. The van der Waals surface area contributed by atoms with E-state index in [9.17, 15) is 5.11 Å². The summed E-state index contributed by atoms with van der Waals surface area (Å²) in [6.07, 6.45) is 5.70. The predicted molar refractivity (Wildman–Crippen MR) is 75.4 cm³/mol. The first-order valence-electron chi connectivity index (χ1n) is 7.48. The first kappa shape index (κ1) is 14.3. The lowest BCUT2D eigenvalue weighted by Gasteiger charge is -2.41. The van der Waals surface area contributed by atoms with Crippen LogP contribution in [0.5, 0.6) is 0 Å². The van der Waals surface area contributed by atoms with Gasteiger partial charge in [0.05, 0.1) is 6.61 Å². The van der Waals surface area contributed by atoms with Gasteiger partial charge >= 0.3 is 0 Å². The highest BCUT2D eigenvalue weighted by Gasteiger charge is 2.39. The summed E-state index contributed by atoms with van der Waals surface area (Å²) >= 11 is 0. The standard InChI is InChI=1S/C15H30N2O/c1-14(2,3)12-6-8-17(10-12)13-5-4-7-15(16,9-13)11-18/h12-13,18H,4-11,16H2,1-3H3. The van der Waals surface area contributed by atoms with Gasteiger partial charge in [-0.2, -0.15) is 0 Å². The molecule has 3 nitrogen and oxygen atoms in total. The van der Waals surface area contributed by atoms with Crippen molar-refractivity contribution >= 4 is 0 Å². The molecule has 0 bridgehead atoms. The van der Waals surface area contributed by atoms with Crippen molar-refractivity contribution in [3.63, 3.8) is 0 Å². The number of rotatable bonds is 2. The van der Waals surface area contributed by atoms with E-state index in [1.165, 1.54) is 32.4 Å². The number of hydrogen-bond acceptors (Lipinski definition) is 3. The largest absolute Gasteiger partial charge is 0.394 e. The number of nitrogens with zero attached hydrogens (tertiary/aromatic N) is 1. The van der Waals surface area contributed by atoms with Crippen molar-refractivity contribution in [2.45, 2.75) is 64.5 Å². The molecule has 0 aromatic rings. The van der Waals surface area contributed by atoms with Gasteiger partial charge in [-0.1, -0.05) is 20.8 Å². The lowest BCUT2D eigenvalue weighted by molar-refractivity contribution is 0.0877. The average molecular weight is 254 g/mol. The van der Waals surface area contributed by atoms with E-state index < -0.39 is 0 Å². The SMILES string of the molecule is CC(C)(C)C1CCN(C2CCCC(N)(CO)C2)C1. The molecule has 1 heterocycles. The Morgan fingerprint density at radius 2 is 2.06 bits per heavy atom. The van der Waals surface area contributed by atoms with Crippen LogP contribution in [0.25, 0.3) is 0 Å². The maximum atomic E-state index is 9.45. The summed E-state index contributed by atoms with van der Waals surface area (Å²) in [4.78, 5) is 2.63. The molecule has 1 aliphatic heterocycles. The van der Waals surface area contributed by atoms with Crippen molar-refractivity contribution in [1.82, 2.24) is 4.90 Å². The molecule has 0 aromatic carbocycles. The molecule has 3 atom stereocenters. The lowest BCUT2D eigenvalue weighted by atomic mass is 9.79. The van der Waals surface area contributed by atoms with Gasteiger partial charge < -0.3 is 15.7 Å². The van der Waals surface area contributed by atoms with Gasteiger partial charge in [0, 0.05) is 18.1 Å². The topological polar surface area (TPSA) is 49.5 Å². The monoisotopic (exact) mass is 254 g/mol. The molecular weight excluding hydrogens is 224 g/mol. The van der Waals surface area contributed by atoms with Gasteiger partial charge in [0.25, 0.3) is 0 Å². The molecule has 2 fully saturated rings. The molecule has 0 radical (unpaired) electrons. The Labute approximate surface area is 112 Å². The van der Waals surface area contributed by atoms with E-state index in [1.807, 2.05) is 0 Å². The number of nitrogens with two attached hydrogens (primary N) is 1. The fourth-order valence-corrected chi connectivity index (χ4v) is 3.64. The van der Waals surface area contributed by atoms with Crippen LogP contribution in [0.1, 0.15) is 52.9 Å². The third-order valence-electron chi connectivity index (χ3n) is 5.13. The molecule has 1 saturated carbocycles. The highest BCUT2D eigenvalue weighted by Crippen LogP contribution is 2.37. The van der Waals surface area contributed by atoms with E-state index in [0.29, 0.717) is 11.5 Å². The van der Waals surface area contributed by atoms with Crippen molar-refractivity contribution < 1.29 is 5.11 Å². The van der Waals surface area contributed by atoms with Crippen LogP contribution in [0.4, 0.5) is 0 Å². The predicted octanol–water partition coefficient (Wildman–Crippen LogP) is 1.99. The molecule has 106 valence electrons. The van der Waals surface area contributed by atoms with Crippen LogP contribution in [-0.4, -0.2) is 41.3 Å². The molecule has 1 saturated heterocycles. The van der Waals surface area contributed by atoms with Crippen LogP contribution in [0.15, 0.2) is 0 Å². The second-order valence-electron chi connectivity index (χ2n) is 7.62. The summed E-state index contributed by atoms with van der Waals surface area (Å²) in [7, 11) is 0. The van der Waals surface area contributed by atoms with Gasteiger partial charge in [-0.05, 0) is 50.0 Å². The third-order valence-corrected chi connectivity index (χ3v) is 5.13. The van der Waals surface area contributed by atoms with E-state index in [1.54, 1.807) is 0 Å². The Balaban J connectivity index is 1.93. The summed E-state index contributed by atoms with van der Waals surface area (Å²) < 4.78 is 0. The Kier molecular flexibility index (Phi) is 4.05. The van der Waals surface area contributed by atoms with E-state index in [-0.39, 0.29) is 12.1 Å². The van der Waals surface area contributed by atoms with Crippen LogP contribution in [-0.2, 0) is 0 Å². The minimum atomic E-state index is -0.317. The molecular formula is C15H30N2O. The molecule has 2 rings (SSSR count). The second kappa shape index (κ2) is 5.10.